The first-order valence-electron chi connectivity index (χ1n) is 6.52. The third-order valence-electron chi connectivity index (χ3n) is 3.29. The summed E-state index contributed by atoms with van der Waals surface area (Å²) >= 11 is 0. The lowest BCUT2D eigenvalue weighted by atomic mass is 10.1. The van der Waals surface area contributed by atoms with Gasteiger partial charge in [0, 0.05) is 16.6 Å². The van der Waals surface area contributed by atoms with Crippen LogP contribution in [0.15, 0.2) is 48.5 Å². The molecule has 3 nitrogen and oxygen atoms in total. The molecule has 0 atom stereocenters. The van der Waals surface area contributed by atoms with Gasteiger partial charge in [-0.2, -0.15) is 0 Å². The number of benzene rings is 2. The summed E-state index contributed by atoms with van der Waals surface area (Å²) in [5.74, 6) is 0.766. The molecular weight excluding hydrogens is 250 g/mol. The summed E-state index contributed by atoms with van der Waals surface area (Å²) < 4.78 is 5.87. The quantitative estimate of drug-likeness (QED) is 0.728. The number of aryl methyl sites for hydroxylation is 1. The number of ether oxygens (including phenoxy) is 1. The summed E-state index contributed by atoms with van der Waals surface area (Å²) in [4.78, 5) is 14.3. The van der Waals surface area contributed by atoms with Gasteiger partial charge >= 0.3 is 0 Å². The van der Waals surface area contributed by atoms with Crippen LogP contribution in [0.2, 0.25) is 0 Å². The molecule has 0 aliphatic carbocycles. The zero-order chi connectivity index (χ0) is 13.9. The summed E-state index contributed by atoms with van der Waals surface area (Å²) in [5, 5.41) is 0.906. The molecule has 3 aromatic rings. The number of hydrogen-bond acceptors (Lipinski definition) is 2. The Balaban J connectivity index is 1.94. The number of carbonyl (C=O) groups excluding carboxylic acids is 1. The molecule has 0 unspecified atom stereocenters. The maximum Gasteiger partial charge on any atom is 0.150 e. The van der Waals surface area contributed by atoms with Crippen LogP contribution in [0.25, 0.3) is 10.9 Å². The van der Waals surface area contributed by atoms with Crippen LogP contribution in [-0.2, 0) is 6.61 Å². The van der Waals surface area contributed by atoms with Gasteiger partial charge in [0.05, 0.1) is 5.52 Å². The lowest BCUT2D eigenvalue weighted by molar-refractivity contribution is 0.112. The molecule has 0 saturated heterocycles. The molecule has 1 aromatic heterocycles. The molecular formula is C17H15NO2. The number of fused-ring (bicyclic) bond motifs is 1. The molecule has 1 heterocycles. The molecule has 0 radical (unpaired) electrons. The molecule has 20 heavy (non-hydrogen) atoms. The zero-order valence-corrected chi connectivity index (χ0v) is 11.2. The summed E-state index contributed by atoms with van der Waals surface area (Å²) in [7, 11) is 0. The van der Waals surface area contributed by atoms with E-state index in [0.29, 0.717) is 12.2 Å². The van der Waals surface area contributed by atoms with E-state index in [2.05, 4.69) is 4.98 Å². The molecule has 0 aliphatic rings. The van der Waals surface area contributed by atoms with E-state index in [4.69, 9.17) is 4.74 Å². The van der Waals surface area contributed by atoms with Crippen LogP contribution in [-0.4, -0.2) is 11.3 Å². The van der Waals surface area contributed by atoms with Gasteiger partial charge < -0.3 is 9.72 Å². The van der Waals surface area contributed by atoms with Crippen molar-refractivity contribution >= 4 is 17.2 Å². The second-order valence-corrected chi connectivity index (χ2v) is 4.79. The van der Waals surface area contributed by atoms with Crippen LogP contribution in [0.5, 0.6) is 5.75 Å². The minimum absolute atomic E-state index is 0.508. The molecule has 1 N–H and O–H groups in total. The number of aromatic nitrogens is 1. The van der Waals surface area contributed by atoms with Gasteiger partial charge in [0.2, 0.25) is 0 Å². The van der Waals surface area contributed by atoms with Crippen molar-refractivity contribution in [1.82, 2.24) is 4.98 Å². The maximum absolute atomic E-state index is 11.1. The molecule has 100 valence electrons. The Morgan fingerprint density at radius 1 is 1.15 bits per heavy atom. The lowest BCUT2D eigenvalue weighted by Gasteiger charge is -2.08. The van der Waals surface area contributed by atoms with Crippen molar-refractivity contribution in [3.63, 3.8) is 0 Å². The minimum Gasteiger partial charge on any atom is -0.487 e. The van der Waals surface area contributed by atoms with Crippen LogP contribution in [0.3, 0.4) is 0 Å². The van der Waals surface area contributed by atoms with Gasteiger partial charge in [-0.3, -0.25) is 4.79 Å². The molecule has 0 fully saturated rings. The highest BCUT2D eigenvalue weighted by atomic mass is 16.5. The Bertz CT molecular complexity index is 744. The van der Waals surface area contributed by atoms with Gasteiger partial charge in [-0.1, -0.05) is 30.3 Å². The van der Waals surface area contributed by atoms with E-state index >= 15 is 0 Å². The number of aromatic amines is 1. The Hall–Kier alpha value is -2.55. The predicted molar refractivity (Wildman–Crippen MR) is 79.2 cm³/mol. The number of nitrogens with one attached hydrogen (secondary N) is 1. The fourth-order valence-corrected chi connectivity index (χ4v) is 2.31. The van der Waals surface area contributed by atoms with Crippen molar-refractivity contribution in [2.75, 3.05) is 0 Å². The molecule has 0 saturated carbocycles. The number of carbonyl (C=O) groups is 1. The first-order valence-corrected chi connectivity index (χ1v) is 6.52. The third-order valence-corrected chi connectivity index (χ3v) is 3.29. The Kier molecular flexibility index (Phi) is 3.25. The van der Waals surface area contributed by atoms with Gasteiger partial charge in [0.15, 0.2) is 6.29 Å². The van der Waals surface area contributed by atoms with E-state index in [9.17, 15) is 4.79 Å². The van der Waals surface area contributed by atoms with Crippen LogP contribution >= 0.6 is 0 Å². The standard InChI is InChI=1S/C17H15NO2/c1-12-9-15-14(10-19)7-8-16(17(15)18-12)20-11-13-5-3-2-4-6-13/h2-10,18H,11H2,1H3. The molecule has 0 amide bonds. The molecule has 0 aliphatic heterocycles. The first kappa shape index (κ1) is 12.5. The number of rotatable bonds is 4. The smallest absolute Gasteiger partial charge is 0.150 e. The van der Waals surface area contributed by atoms with Crippen molar-refractivity contribution in [2.45, 2.75) is 13.5 Å². The average molecular weight is 265 g/mol. The zero-order valence-electron chi connectivity index (χ0n) is 11.2. The van der Waals surface area contributed by atoms with E-state index in [1.54, 1.807) is 6.07 Å². The van der Waals surface area contributed by atoms with Crippen molar-refractivity contribution in [2.24, 2.45) is 0 Å². The molecule has 0 bridgehead atoms. The summed E-state index contributed by atoms with van der Waals surface area (Å²) in [6.07, 6.45) is 0.872. The van der Waals surface area contributed by atoms with Gasteiger partial charge in [0.25, 0.3) is 0 Å². The molecule has 0 spiro atoms. The molecule has 3 rings (SSSR count). The normalized spacial score (nSPS) is 10.7. The van der Waals surface area contributed by atoms with E-state index in [1.165, 1.54) is 0 Å². The Labute approximate surface area is 117 Å². The average Bonchev–Trinajstić information content (AvgIpc) is 2.87. The van der Waals surface area contributed by atoms with Crippen molar-refractivity contribution < 1.29 is 9.53 Å². The monoisotopic (exact) mass is 265 g/mol. The van der Waals surface area contributed by atoms with Crippen LogP contribution in [0.4, 0.5) is 0 Å². The number of hydrogen-bond donors (Lipinski definition) is 1. The highest BCUT2D eigenvalue weighted by Crippen LogP contribution is 2.28. The van der Waals surface area contributed by atoms with Crippen LogP contribution in [0, 0.1) is 6.92 Å². The van der Waals surface area contributed by atoms with E-state index in [-0.39, 0.29) is 0 Å². The second-order valence-electron chi connectivity index (χ2n) is 4.79. The summed E-state index contributed by atoms with van der Waals surface area (Å²) in [5.41, 5.74) is 3.68. The predicted octanol–water partition coefficient (Wildman–Crippen LogP) is 3.87. The van der Waals surface area contributed by atoms with E-state index < -0.39 is 0 Å². The minimum atomic E-state index is 0.508. The van der Waals surface area contributed by atoms with Crippen molar-refractivity contribution in [3.8, 4) is 5.75 Å². The highest BCUT2D eigenvalue weighted by molar-refractivity contribution is 5.99. The topological polar surface area (TPSA) is 42.1 Å². The van der Waals surface area contributed by atoms with Crippen molar-refractivity contribution in [3.05, 3.63) is 65.4 Å². The van der Waals surface area contributed by atoms with Gasteiger partial charge in [0.1, 0.15) is 12.4 Å². The second kappa shape index (κ2) is 5.21. The summed E-state index contributed by atoms with van der Waals surface area (Å²) in [6, 6.07) is 15.6. The van der Waals surface area contributed by atoms with E-state index in [1.807, 2.05) is 49.4 Å². The van der Waals surface area contributed by atoms with Gasteiger partial charge in [-0.15, -0.1) is 0 Å². The summed E-state index contributed by atoms with van der Waals surface area (Å²) in [6.45, 7) is 2.48. The van der Waals surface area contributed by atoms with E-state index in [0.717, 1.165) is 34.2 Å². The maximum atomic E-state index is 11.1. The molecule has 2 aromatic carbocycles. The fourth-order valence-electron chi connectivity index (χ4n) is 2.31. The first-order chi connectivity index (χ1) is 9.78. The highest BCUT2D eigenvalue weighted by Gasteiger charge is 2.09. The largest absolute Gasteiger partial charge is 0.487 e. The Morgan fingerprint density at radius 2 is 1.95 bits per heavy atom. The van der Waals surface area contributed by atoms with Crippen LogP contribution < -0.4 is 4.74 Å². The fraction of sp³-hybridized carbons (Fsp3) is 0.118. The number of H-pyrrole nitrogens is 1. The van der Waals surface area contributed by atoms with Gasteiger partial charge in [-0.05, 0) is 30.7 Å². The third kappa shape index (κ3) is 2.30. The number of aldehydes is 1. The van der Waals surface area contributed by atoms with Crippen molar-refractivity contribution in [1.29, 1.82) is 0 Å². The van der Waals surface area contributed by atoms with Crippen LogP contribution in [0.1, 0.15) is 21.6 Å². The molecule has 3 heteroatoms. The Morgan fingerprint density at radius 3 is 2.70 bits per heavy atom. The SMILES string of the molecule is Cc1cc2c(C=O)ccc(OCc3ccccc3)c2[nH]1. The van der Waals surface area contributed by atoms with Gasteiger partial charge in [-0.25, -0.2) is 0 Å². The lowest BCUT2D eigenvalue weighted by Crippen LogP contribution is -1.96.